The molecule has 0 fully saturated rings. The van der Waals surface area contributed by atoms with Gasteiger partial charge in [0.2, 0.25) is 0 Å². The normalized spacial score (nSPS) is 10.6. The maximum atomic E-state index is 12.5. The Kier molecular flexibility index (Phi) is 3.95. The lowest BCUT2D eigenvalue weighted by atomic mass is 10.1. The molecule has 3 rings (SSSR count). The Labute approximate surface area is 138 Å². The smallest absolute Gasteiger partial charge is 0.271 e. The number of aryl methyl sites for hydroxylation is 2. The number of carbonyl (C=O) groups is 1. The number of hydrogen-bond acceptors (Lipinski definition) is 4. The lowest BCUT2D eigenvalue weighted by Crippen LogP contribution is -2.14. The van der Waals surface area contributed by atoms with Crippen molar-refractivity contribution in [2.24, 2.45) is 0 Å². The van der Waals surface area contributed by atoms with E-state index >= 15 is 0 Å². The number of hydrogen-bond donors (Lipinski definition) is 1. The second kappa shape index (κ2) is 6.08. The Hall–Kier alpha value is -3.28. The third-order valence-electron chi connectivity index (χ3n) is 3.72. The fourth-order valence-corrected chi connectivity index (χ4v) is 2.52. The minimum Gasteiger partial charge on any atom is -0.322 e. The molecular formula is C18H15N3O3. The number of carbonyl (C=O) groups excluding carboxylic acids is 1. The third kappa shape index (κ3) is 3.08. The first-order chi connectivity index (χ1) is 11.4. The summed E-state index contributed by atoms with van der Waals surface area (Å²) in [6, 6.07) is 13.5. The van der Waals surface area contributed by atoms with Crippen LogP contribution in [0.3, 0.4) is 0 Å². The van der Waals surface area contributed by atoms with E-state index in [4.69, 9.17) is 0 Å². The minimum atomic E-state index is -0.499. The Morgan fingerprint density at radius 3 is 2.67 bits per heavy atom. The Balaban J connectivity index is 1.95. The van der Waals surface area contributed by atoms with Crippen LogP contribution in [0, 0.1) is 24.0 Å². The minimum absolute atomic E-state index is 0.0724. The Bertz CT molecular complexity index is 967. The van der Waals surface area contributed by atoms with Crippen molar-refractivity contribution in [1.82, 2.24) is 4.98 Å². The second-order valence-corrected chi connectivity index (χ2v) is 5.58. The summed E-state index contributed by atoms with van der Waals surface area (Å²) < 4.78 is 0. The number of non-ortho nitro benzene ring substituents is 1. The van der Waals surface area contributed by atoms with E-state index in [0.717, 1.165) is 16.5 Å². The van der Waals surface area contributed by atoms with Crippen LogP contribution in [-0.2, 0) is 0 Å². The molecule has 120 valence electrons. The summed E-state index contributed by atoms with van der Waals surface area (Å²) in [4.78, 5) is 27.3. The molecule has 24 heavy (non-hydrogen) atoms. The molecule has 0 saturated carbocycles. The van der Waals surface area contributed by atoms with Gasteiger partial charge >= 0.3 is 0 Å². The van der Waals surface area contributed by atoms with Crippen LogP contribution < -0.4 is 5.32 Å². The highest BCUT2D eigenvalue weighted by atomic mass is 16.6. The average molecular weight is 321 g/mol. The molecule has 0 spiro atoms. The summed E-state index contributed by atoms with van der Waals surface area (Å²) in [6.07, 6.45) is 0. The molecule has 6 heteroatoms. The predicted molar refractivity (Wildman–Crippen MR) is 92.3 cm³/mol. The number of benzene rings is 2. The zero-order valence-electron chi connectivity index (χ0n) is 13.2. The average Bonchev–Trinajstić information content (AvgIpc) is 2.54. The number of nitrogens with one attached hydrogen (secondary N) is 1. The van der Waals surface area contributed by atoms with Crippen LogP contribution in [0.4, 0.5) is 11.4 Å². The van der Waals surface area contributed by atoms with Crippen molar-refractivity contribution in [1.29, 1.82) is 0 Å². The van der Waals surface area contributed by atoms with E-state index in [-0.39, 0.29) is 11.6 Å². The number of amides is 1. The maximum absolute atomic E-state index is 12.5. The van der Waals surface area contributed by atoms with Crippen molar-refractivity contribution in [3.63, 3.8) is 0 Å². The second-order valence-electron chi connectivity index (χ2n) is 5.58. The van der Waals surface area contributed by atoms with Crippen LogP contribution >= 0.6 is 0 Å². The van der Waals surface area contributed by atoms with Crippen LogP contribution in [0.15, 0.2) is 48.5 Å². The van der Waals surface area contributed by atoms with Crippen LogP contribution in [0.25, 0.3) is 10.9 Å². The first-order valence-electron chi connectivity index (χ1n) is 7.38. The topological polar surface area (TPSA) is 85.1 Å². The van der Waals surface area contributed by atoms with Crippen molar-refractivity contribution in [2.45, 2.75) is 13.8 Å². The van der Waals surface area contributed by atoms with Crippen molar-refractivity contribution in [2.75, 3.05) is 5.32 Å². The van der Waals surface area contributed by atoms with Crippen LogP contribution in [0.5, 0.6) is 0 Å². The van der Waals surface area contributed by atoms with Gasteiger partial charge in [-0.25, -0.2) is 0 Å². The van der Waals surface area contributed by atoms with Gasteiger partial charge in [-0.3, -0.25) is 19.9 Å². The molecular weight excluding hydrogens is 306 g/mol. The zero-order chi connectivity index (χ0) is 17.3. The number of anilines is 1. The van der Waals surface area contributed by atoms with Gasteiger partial charge < -0.3 is 5.32 Å². The maximum Gasteiger partial charge on any atom is 0.271 e. The molecule has 0 bridgehead atoms. The summed E-state index contributed by atoms with van der Waals surface area (Å²) >= 11 is 0. The molecule has 0 radical (unpaired) electrons. The van der Waals surface area contributed by atoms with Crippen molar-refractivity contribution < 1.29 is 9.72 Å². The molecule has 3 aromatic rings. The van der Waals surface area contributed by atoms with Gasteiger partial charge in [-0.15, -0.1) is 0 Å². The molecule has 2 aromatic carbocycles. The molecule has 1 amide bonds. The van der Waals surface area contributed by atoms with E-state index in [9.17, 15) is 14.9 Å². The van der Waals surface area contributed by atoms with Gasteiger partial charge in [0.15, 0.2) is 0 Å². The molecule has 0 atom stereocenters. The summed E-state index contributed by atoms with van der Waals surface area (Å²) in [5.74, 6) is -0.344. The van der Waals surface area contributed by atoms with Crippen LogP contribution in [0.1, 0.15) is 21.6 Å². The highest BCUT2D eigenvalue weighted by Crippen LogP contribution is 2.21. The first kappa shape index (κ1) is 15.6. The van der Waals surface area contributed by atoms with Crippen molar-refractivity contribution in [3.05, 3.63) is 75.5 Å². The van der Waals surface area contributed by atoms with Gasteiger partial charge in [0, 0.05) is 23.2 Å². The van der Waals surface area contributed by atoms with E-state index in [1.165, 1.54) is 18.2 Å². The van der Waals surface area contributed by atoms with Crippen molar-refractivity contribution >= 4 is 28.2 Å². The predicted octanol–water partition coefficient (Wildman–Crippen LogP) is 4.01. The van der Waals surface area contributed by atoms with E-state index in [2.05, 4.69) is 10.3 Å². The van der Waals surface area contributed by atoms with Gasteiger partial charge in [-0.1, -0.05) is 17.7 Å². The van der Waals surface area contributed by atoms with E-state index in [1.54, 1.807) is 19.1 Å². The molecule has 0 unspecified atom stereocenters. The molecule has 1 heterocycles. The first-order valence-corrected chi connectivity index (χ1v) is 7.38. The number of rotatable bonds is 3. The van der Waals surface area contributed by atoms with Crippen LogP contribution in [-0.4, -0.2) is 15.8 Å². The van der Waals surface area contributed by atoms with Gasteiger partial charge in [0.1, 0.15) is 0 Å². The summed E-state index contributed by atoms with van der Waals surface area (Å²) in [6.45, 7) is 3.74. The van der Waals surface area contributed by atoms with Gasteiger partial charge in [-0.05, 0) is 38.1 Å². The fraction of sp³-hybridized carbons (Fsp3) is 0.111. The molecule has 1 aromatic heterocycles. The Morgan fingerprint density at radius 2 is 1.92 bits per heavy atom. The number of nitro groups is 1. The highest BCUT2D eigenvalue weighted by Gasteiger charge is 2.13. The summed E-state index contributed by atoms with van der Waals surface area (Å²) in [7, 11) is 0. The summed E-state index contributed by atoms with van der Waals surface area (Å²) in [5.41, 5.74) is 3.26. The fourth-order valence-electron chi connectivity index (χ4n) is 2.52. The largest absolute Gasteiger partial charge is 0.322 e. The molecule has 0 saturated heterocycles. The molecule has 0 aliphatic carbocycles. The molecule has 6 nitrogen and oxygen atoms in total. The lowest BCUT2D eigenvalue weighted by molar-refractivity contribution is -0.384. The number of aromatic nitrogens is 1. The Morgan fingerprint density at radius 1 is 1.12 bits per heavy atom. The standard InChI is InChI=1S/C18H15N3O3/c1-11-6-7-17-13(8-11)9-16(12(2)19-17)18(22)20-14-4-3-5-15(10-14)21(23)24/h3-10H,1-2H3,(H,20,22). The monoisotopic (exact) mass is 321 g/mol. The van der Waals surface area contributed by atoms with Crippen LogP contribution in [0.2, 0.25) is 0 Å². The highest BCUT2D eigenvalue weighted by molar-refractivity contribution is 6.06. The van der Waals surface area contributed by atoms with Crippen molar-refractivity contribution in [3.8, 4) is 0 Å². The SMILES string of the molecule is Cc1ccc2nc(C)c(C(=O)Nc3cccc([N+](=O)[O-])c3)cc2c1. The number of pyridine rings is 1. The zero-order valence-corrected chi connectivity index (χ0v) is 13.2. The van der Waals surface area contributed by atoms with E-state index < -0.39 is 4.92 Å². The summed E-state index contributed by atoms with van der Waals surface area (Å²) in [5, 5.41) is 14.4. The third-order valence-corrected chi connectivity index (χ3v) is 3.72. The molecule has 0 aliphatic rings. The van der Waals surface area contributed by atoms with Gasteiger partial charge in [0.05, 0.1) is 21.7 Å². The number of fused-ring (bicyclic) bond motifs is 1. The lowest BCUT2D eigenvalue weighted by Gasteiger charge is -2.09. The quantitative estimate of drug-likeness (QED) is 0.583. The van der Waals surface area contributed by atoms with E-state index in [0.29, 0.717) is 16.9 Å². The molecule has 0 aliphatic heterocycles. The number of nitrogens with zero attached hydrogens (tertiary/aromatic N) is 2. The van der Waals surface area contributed by atoms with Gasteiger partial charge in [-0.2, -0.15) is 0 Å². The van der Waals surface area contributed by atoms with Gasteiger partial charge in [0.25, 0.3) is 11.6 Å². The molecule has 1 N–H and O–H groups in total. The van der Waals surface area contributed by atoms with E-state index in [1.807, 2.05) is 25.1 Å². The number of nitro benzene ring substituents is 1.